The summed E-state index contributed by atoms with van der Waals surface area (Å²) < 4.78 is 31.4. The lowest BCUT2D eigenvalue weighted by Gasteiger charge is -2.29. The Labute approximate surface area is 206 Å². The van der Waals surface area contributed by atoms with Gasteiger partial charge in [0.15, 0.2) is 0 Å². The van der Waals surface area contributed by atoms with Crippen molar-refractivity contribution in [3.63, 3.8) is 0 Å². The average molecular weight is 510 g/mol. The molecule has 2 aromatic carbocycles. The van der Waals surface area contributed by atoms with Gasteiger partial charge < -0.3 is 15.0 Å². The molecule has 10 heteroatoms. The molecule has 1 atom stereocenters. The normalized spacial score (nSPS) is 12.1. The van der Waals surface area contributed by atoms with Crippen LogP contribution in [-0.4, -0.2) is 58.1 Å². The van der Waals surface area contributed by atoms with E-state index in [1.807, 2.05) is 18.2 Å². The zero-order valence-electron chi connectivity index (χ0n) is 20.2. The molecule has 2 rings (SSSR count). The molecule has 0 unspecified atom stereocenters. The molecule has 0 aliphatic carbocycles. The lowest BCUT2D eigenvalue weighted by atomic mass is 10.1. The minimum absolute atomic E-state index is 0.0664. The van der Waals surface area contributed by atoms with Gasteiger partial charge >= 0.3 is 0 Å². The lowest BCUT2D eigenvalue weighted by molar-refractivity contribution is -0.140. The number of rotatable bonds is 11. The number of hydrogen-bond donors (Lipinski definition) is 1. The van der Waals surface area contributed by atoms with Crippen LogP contribution >= 0.6 is 11.6 Å². The van der Waals surface area contributed by atoms with E-state index in [0.717, 1.165) is 11.8 Å². The van der Waals surface area contributed by atoms with E-state index in [-0.39, 0.29) is 37.7 Å². The van der Waals surface area contributed by atoms with Gasteiger partial charge in [0.25, 0.3) is 0 Å². The van der Waals surface area contributed by atoms with E-state index in [2.05, 4.69) is 5.32 Å². The fraction of sp³-hybridized carbons (Fsp3) is 0.417. The second kappa shape index (κ2) is 12.1. The molecule has 0 spiro atoms. The van der Waals surface area contributed by atoms with Crippen LogP contribution < -0.4 is 14.4 Å². The molecule has 0 saturated heterocycles. The highest BCUT2D eigenvalue weighted by Crippen LogP contribution is 2.28. The van der Waals surface area contributed by atoms with E-state index >= 15 is 0 Å². The van der Waals surface area contributed by atoms with E-state index in [1.54, 1.807) is 45.2 Å². The predicted molar refractivity (Wildman–Crippen MR) is 135 cm³/mol. The molecule has 0 bridgehead atoms. The van der Waals surface area contributed by atoms with Gasteiger partial charge in [0, 0.05) is 31.6 Å². The van der Waals surface area contributed by atoms with Gasteiger partial charge in [0.05, 0.1) is 19.1 Å². The van der Waals surface area contributed by atoms with Gasteiger partial charge in [-0.2, -0.15) is 0 Å². The second-order valence-electron chi connectivity index (χ2n) is 7.99. The molecular formula is C24H32ClN3O5S. The topological polar surface area (TPSA) is 96.0 Å². The standard InChI is InChI=1S/C24H32ClN3O5S/c1-17-21(25)11-7-12-22(17)28(34(5,31)32)14-8-13-23(29)27(18(2)24(30)26-3)16-19-9-6-10-20(15-19)33-4/h6-7,9-12,15,18H,8,13-14,16H2,1-5H3,(H,26,30)/t18-/m1/s1. The SMILES string of the molecule is CNC(=O)[C@@H](C)N(Cc1cccc(OC)c1)C(=O)CCCN(c1cccc(Cl)c1C)S(C)(=O)=O. The first-order valence-corrected chi connectivity index (χ1v) is 13.1. The number of carbonyl (C=O) groups excluding carboxylic acids is 2. The molecular weight excluding hydrogens is 478 g/mol. The molecule has 0 aromatic heterocycles. The molecule has 8 nitrogen and oxygen atoms in total. The van der Waals surface area contributed by atoms with Crippen molar-refractivity contribution < 1.29 is 22.7 Å². The Kier molecular flexibility index (Phi) is 9.76. The number of halogens is 1. The van der Waals surface area contributed by atoms with Gasteiger partial charge in [0.2, 0.25) is 21.8 Å². The molecule has 0 aliphatic heterocycles. The molecule has 0 radical (unpaired) electrons. The number of likely N-dealkylation sites (N-methyl/N-ethyl adjacent to an activating group) is 1. The van der Waals surface area contributed by atoms with Crippen LogP contribution in [0.15, 0.2) is 42.5 Å². The van der Waals surface area contributed by atoms with Crippen molar-refractivity contribution in [2.75, 3.05) is 31.3 Å². The van der Waals surface area contributed by atoms with E-state index < -0.39 is 16.1 Å². The molecule has 0 heterocycles. The average Bonchev–Trinajstić information content (AvgIpc) is 2.80. The van der Waals surface area contributed by atoms with Gasteiger partial charge in [0.1, 0.15) is 11.8 Å². The highest BCUT2D eigenvalue weighted by Gasteiger charge is 2.26. The lowest BCUT2D eigenvalue weighted by Crippen LogP contribution is -2.46. The van der Waals surface area contributed by atoms with Gasteiger partial charge in [-0.25, -0.2) is 8.42 Å². The smallest absolute Gasteiger partial charge is 0.242 e. The van der Waals surface area contributed by atoms with Gasteiger partial charge in [-0.15, -0.1) is 0 Å². The summed E-state index contributed by atoms with van der Waals surface area (Å²) in [7, 11) is -0.516. The van der Waals surface area contributed by atoms with Crippen LogP contribution in [0.25, 0.3) is 0 Å². The van der Waals surface area contributed by atoms with Crippen LogP contribution in [0.3, 0.4) is 0 Å². The number of carbonyl (C=O) groups is 2. The van der Waals surface area contributed by atoms with Gasteiger partial charge in [-0.05, 0) is 55.7 Å². The quantitative estimate of drug-likeness (QED) is 0.501. The Bertz CT molecular complexity index is 1120. The third-order valence-electron chi connectivity index (χ3n) is 5.56. The molecule has 0 fully saturated rings. The fourth-order valence-electron chi connectivity index (χ4n) is 3.61. The first-order valence-electron chi connectivity index (χ1n) is 10.9. The number of benzene rings is 2. The summed E-state index contributed by atoms with van der Waals surface area (Å²) in [6.45, 7) is 3.73. The maximum atomic E-state index is 13.2. The molecule has 2 aromatic rings. The second-order valence-corrected chi connectivity index (χ2v) is 10.3. The van der Waals surface area contributed by atoms with Gasteiger partial charge in [-0.3, -0.25) is 13.9 Å². The van der Waals surface area contributed by atoms with E-state index in [0.29, 0.717) is 22.0 Å². The van der Waals surface area contributed by atoms with Crippen molar-refractivity contribution in [2.24, 2.45) is 0 Å². The van der Waals surface area contributed by atoms with E-state index in [9.17, 15) is 18.0 Å². The largest absolute Gasteiger partial charge is 0.497 e. The summed E-state index contributed by atoms with van der Waals surface area (Å²) >= 11 is 6.18. The number of amides is 2. The molecule has 186 valence electrons. The third kappa shape index (κ3) is 7.11. The van der Waals surface area contributed by atoms with Crippen molar-refractivity contribution in [1.82, 2.24) is 10.2 Å². The zero-order valence-corrected chi connectivity index (χ0v) is 21.7. The molecule has 0 aliphatic rings. The minimum Gasteiger partial charge on any atom is -0.497 e. The highest BCUT2D eigenvalue weighted by molar-refractivity contribution is 7.92. The number of nitrogens with one attached hydrogen (secondary N) is 1. The summed E-state index contributed by atoms with van der Waals surface area (Å²) in [6, 6.07) is 11.7. The summed E-state index contributed by atoms with van der Waals surface area (Å²) in [6.07, 6.45) is 1.46. The van der Waals surface area contributed by atoms with Crippen LogP contribution in [0, 0.1) is 6.92 Å². The summed E-state index contributed by atoms with van der Waals surface area (Å²) in [4.78, 5) is 27.0. The van der Waals surface area contributed by atoms with Crippen LogP contribution in [0.5, 0.6) is 5.75 Å². The van der Waals surface area contributed by atoms with Crippen LogP contribution in [0.1, 0.15) is 30.9 Å². The Morgan fingerprint density at radius 3 is 2.47 bits per heavy atom. The van der Waals surface area contributed by atoms with Gasteiger partial charge in [-0.1, -0.05) is 29.8 Å². The van der Waals surface area contributed by atoms with E-state index in [4.69, 9.17) is 16.3 Å². The summed E-state index contributed by atoms with van der Waals surface area (Å²) in [5, 5.41) is 3.04. The Hall–Kier alpha value is -2.78. The summed E-state index contributed by atoms with van der Waals surface area (Å²) in [5.41, 5.74) is 1.94. The van der Waals surface area contributed by atoms with Crippen molar-refractivity contribution in [2.45, 2.75) is 39.3 Å². The third-order valence-corrected chi connectivity index (χ3v) is 7.15. The Morgan fingerprint density at radius 2 is 1.85 bits per heavy atom. The van der Waals surface area contributed by atoms with Crippen LogP contribution in [-0.2, 0) is 26.2 Å². The number of sulfonamides is 1. The summed E-state index contributed by atoms with van der Waals surface area (Å²) in [5.74, 6) is 0.108. The number of hydrogen-bond acceptors (Lipinski definition) is 5. The fourth-order valence-corrected chi connectivity index (χ4v) is 4.79. The molecule has 0 saturated carbocycles. The number of methoxy groups -OCH3 is 1. The van der Waals surface area contributed by atoms with Crippen LogP contribution in [0.4, 0.5) is 5.69 Å². The predicted octanol–water partition coefficient (Wildman–Crippen LogP) is 3.37. The van der Waals surface area contributed by atoms with Crippen molar-refractivity contribution in [3.8, 4) is 5.75 Å². The first-order chi connectivity index (χ1) is 16.0. The minimum atomic E-state index is -3.59. The maximum absolute atomic E-state index is 13.2. The Morgan fingerprint density at radius 1 is 1.18 bits per heavy atom. The highest BCUT2D eigenvalue weighted by atomic mass is 35.5. The monoisotopic (exact) mass is 509 g/mol. The Balaban J connectivity index is 2.19. The van der Waals surface area contributed by atoms with Crippen molar-refractivity contribution >= 4 is 39.1 Å². The number of anilines is 1. The van der Waals surface area contributed by atoms with Crippen molar-refractivity contribution in [3.05, 3.63) is 58.6 Å². The molecule has 2 amide bonds. The first kappa shape index (κ1) is 27.5. The maximum Gasteiger partial charge on any atom is 0.242 e. The van der Waals surface area contributed by atoms with Crippen LogP contribution in [0.2, 0.25) is 5.02 Å². The number of ether oxygens (including phenoxy) is 1. The van der Waals surface area contributed by atoms with Crippen molar-refractivity contribution in [1.29, 1.82) is 0 Å². The molecule has 34 heavy (non-hydrogen) atoms. The zero-order chi connectivity index (χ0) is 25.5. The van der Waals surface area contributed by atoms with E-state index in [1.165, 1.54) is 16.3 Å². The number of nitrogens with zero attached hydrogens (tertiary/aromatic N) is 2. The molecule has 1 N–H and O–H groups in total.